The van der Waals surface area contributed by atoms with E-state index >= 15 is 0 Å². The van der Waals surface area contributed by atoms with Gasteiger partial charge >= 0.3 is 0 Å². The standard InChI is InChI=1S/C18H19NO3/c1-13-8-10-17(22-2)15(12-13)16(20)9-11-18(21)19-14-6-4-3-5-7-14/h3-8,10,12H,9,11H2,1-2H3,(H,19,21). The molecule has 0 heterocycles. The minimum atomic E-state index is -0.175. The smallest absolute Gasteiger partial charge is 0.224 e. The van der Waals surface area contributed by atoms with Gasteiger partial charge in [-0.25, -0.2) is 0 Å². The van der Waals surface area contributed by atoms with Crippen LogP contribution in [0, 0.1) is 6.92 Å². The van der Waals surface area contributed by atoms with Gasteiger partial charge in [0.1, 0.15) is 5.75 Å². The van der Waals surface area contributed by atoms with Crippen molar-refractivity contribution in [2.24, 2.45) is 0 Å². The zero-order valence-corrected chi connectivity index (χ0v) is 12.8. The molecule has 0 unspecified atom stereocenters. The number of hydrogen-bond acceptors (Lipinski definition) is 3. The molecule has 0 fully saturated rings. The Balaban J connectivity index is 1.95. The zero-order chi connectivity index (χ0) is 15.9. The SMILES string of the molecule is COc1ccc(C)cc1C(=O)CCC(=O)Nc1ccccc1. The number of aryl methyl sites for hydroxylation is 1. The number of amides is 1. The van der Waals surface area contributed by atoms with Crippen molar-refractivity contribution in [1.82, 2.24) is 0 Å². The Hall–Kier alpha value is -2.62. The zero-order valence-electron chi connectivity index (χ0n) is 12.8. The van der Waals surface area contributed by atoms with Crippen LogP contribution in [0.2, 0.25) is 0 Å². The summed E-state index contributed by atoms with van der Waals surface area (Å²) in [6.45, 7) is 1.92. The van der Waals surface area contributed by atoms with Gasteiger partial charge in [-0.1, -0.05) is 29.8 Å². The average molecular weight is 297 g/mol. The third-order valence-corrected chi connectivity index (χ3v) is 3.29. The van der Waals surface area contributed by atoms with Crippen LogP contribution in [0.3, 0.4) is 0 Å². The van der Waals surface area contributed by atoms with Crippen LogP contribution >= 0.6 is 0 Å². The fraction of sp³-hybridized carbons (Fsp3) is 0.222. The molecule has 22 heavy (non-hydrogen) atoms. The molecule has 0 radical (unpaired) electrons. The molecule has 2 rings (SSSR count). The topological polar surface area (TPSA) is 55.4 Å². The minimum Gasteiger partial charge on any atom is -0.496 e. The molecule has 0 saturated carbocycles. The predicted molar refractivity (Wildman–Crippen MR) is 86.4 cm³/mol. The molecule has 0 atom stereocenters. The first kappa shape index (κ1) is 15.8. The molecule has 0 saturated heterocycles. The number of benzene rings is 2. The number of nitrogens with one attached hydrogen (secondary N) is 1. The Morgan fingerprint density at radius 1 is 1.05 bits per heavy atom. The lowest BCUT2D eigenvalue weighted by Gasteiger charge is -2.09. The van der Waals surface area contributed by atoms with E-state index in [9.17, 15) is 9.59 Å². The molecule has 4 nitrogen and oxygen atoms in total. The average Bonchev–Trinajstić information content (AvgIpc) is 2.53. The number of hydrogen-bond donors (Lipinski definition) is 1. The van der Waals surface area contributed by atoms with Crippen LogP contribution in [-0.4, -0.2) is 18.8 Å². The lowest BCUT2D eigenvalue weighted by molar-refractivity contribution is -0.116. The number of ketones is 1. The van der Waals surface area contributed by atoms with Gasteiger partial charge in [0.25, 0.3) is 0 Å². The summed E-state index contributed by atoms with van der Waals surface area (Å²) >= 11 is 0. The molecule has 2 aromatic carbocycles. The number of Topliss-reactive ketones (excluding diaryl/α,β-unsaturated/α-hetero) is 1. The molecule has 0 bridgehead atoms. The van der Waals surface area contributed by atoms with Gasteiger partial charge in [0.2, 0.25) is 5.91 Å². The summed E-state index contributed by atoms with van der Waals surface area (Å²) in [5.41, 5.74) is 2.24. The van der Waals surface area contributed by atoms with E-state index in [1.54, 1.807) is 12.1 Å². The molecule has 0 spiro atoms. The van der Waals surface area contributed by atoms with Crippen LogP contribution in [0.15, 0.2) is 48.5 Å². The lowest BCUT2D eigenvalue weighted by atomic mass is 10.0. The van der Waals surface area contributed by atoms with Crippen molar-refractivity contribution in [2.45, 2.75) is 19.8 Å². The Bertz CT molecular complexity index is 665. The van der Waals surface area contributed by atoms with Crippen molar-refractivity contribution in [2.75, 3.05) is 12.4 Å². The third kappa shape index (κ3) is 4.19. The number of para-hydroxylation sites is 1. The van der Waals surface area contributed by atoms with Gasteiger partial charge in [-0.3, -0.25) is 9.59 Å². The van der Waals surface area contributed by atoms with Gasteiger partial charge < -0.3 is 10.1 Å². The molecule has 114 valence electrons. The fourth-order valence-electron chi connectivity index (χ4n) is 2.15. The highest BCUT2D eigenvalue weighted by molar-refractivity contribution is 6.01. The van der Waals surface area contributed by atoms with E-state index in [-0.39, 0.29) is 24.5 Å². The van der Waals surface area contributed by atoms with Crippen LogP contribution in [0.4, 0.5) is 5.69 Å². The molecule has 0 aliphatic rings. The van der Waals surface area contributed by atoms with Crippen LogP contribution in [-0.2, 0) is 4.79 Å². The van der Waals surface area contributed by atoms with E-state index in [4.69, 9.17) is 4.74 Å². The minimum absolute atomic E-state index is 0.0937. The number of carbonyl (C=O) groups is 2. The summed E-state index contributed by atoms with van der Waals surface area (Å²) in [5, 5.41) is 2.77. The van der Waals surface area contributed by atoms with Crippen molar-refractivity contribution in [3.63, 3.8) is 0 Å². The third-order valence-electron chi connectivity index (χ3n) is 3.29. The maximum absolute atomic E-state index is 12.3. The van der Waals surface area contributed by atoms with E-state index in [0.717, 1.165) is 11.3 Å². The van der Waals surface area contributed by atoms with E-state index in [1.807, 2.05) is 43.3 Å². The number of ether oxygens (including phenoxy) is 1. The van der Waals surface area contributed by atoms with Crippen LogP contribution in [0.1, 0.15) is 28.8 Å². The summed E-state index contributed by atoms with van der Waals surface area (Å²) < 4.78 is 5.20. The van der Waals surface area contributed by atoms with Crippen LogP contribution < -0.4 is 10.1 Å². The van der Waals surface area contributed by atoms with Crippen LogP contribution in [0.5, 0.6) is 5.75 Å². The second kappa shape index (κ2) is 7.41. The quantitative estimate of drug-likeness (QED) is 0.829. The molecule has 2 aromatic rings. The Kier molecular flexibility index (Phi) is 5.31. The van der Waals surface area contributed by atoms with Crippen molar-refractivity contribution in [1.29, 1.82) is 0 Å². The molecule has 4 heteroatoms. The van der Waals surface area contributed by atoms with E-state index in [2.05, 4.69) is 5.32 Å². The van der Waals surface area contributed by atoms with Gasteiger partial charge in [0.05, 0.1) is 12.7 Å². The Morgan fingerprint density at radius 3 is 2.45 bits per heavy atom. The summed E-state index contributed by atoms with van der Waals surface area (Å²) in [5.74, 6) is 0.272. The molecular formula is C18H19NO3. The second-order valence-corrected chi connectivity index (χ2v) is 5.04. The van der Waals surface area contributed by atoms with Gasteiger partial charge in [-0.05, 0) is 31.2 Å². The Morgan fingerprint density at radius 2 is 1.77 bits per heavy atom. The second-order valence-electron chi connectivity index (χ2n) is 5.04. The number of methoxy groups -OCH3 is 1. The first-order chi connectivity index (χ1) is 10.6. The predicted octanol–water partition coefficient (Wildman–Crippen LogP) is 3.61. The highest BCUT2D eigenvalue weighted by atomic mass is 16.5. The highest BCUT2D eigenvalue weighted by Crippen LogP contribution is 2.21. The normalized spacial score (nSPS) is 10.1. The van der Waals surface area contributed by atoms with Crippen molar-refractivity contribution in [3.05, 3.63) is 59.7 Å². The fourth-order valence-corrected chi connectivity index (χ4v) is 2.15. The van der Waals surface area contributed by atoms with Crippen molar-refractivity contribution >= 4 is 17.4 Å². The Labute approximate surface area is 130 Å². The van der Waals surface area contributed by atoms with E-state index < -0.39 is 0 Å². The van der Waals surface area contributed by atoms with Gasteiger partial charge in [0, 0.05) is 18.5 Å². The monoisotopic (exact) mass is 297 g/mol. The molecule has 1 N–H and O–H groups in total. The highest BCUT2D eigenvalue weighted by Gasteiger charge is 2.14. The molecule has 0 aliphatic heterocycles. The summed E-state index contributed by atoms with van der Waals surface area (Å²) in [6.07, 6.45) is 0.295. The van der Waals surface area contributed by atoms with Crippen molar-refractivity contribution < 1.29 is 14.3 Å². The maximum Gasteiger partial charge on any atom is 0.224 e. The van der Waals surface area contributed by atoms with Crippen LogP contribution in [0.25, 0.3) is 0 Å². The number of carbonyl (C=O) groups excluding carboxylic acids is 2. The van der Waals surface area contributed by atoms with Gasteiger partial charge in [0.15, 0.2) is 5.78 Å². The maximum atomic E-state index is 12.3. The first-order valence-electron chi connectivity index (χ1n) is 7.13. The number of anilines is 1. The van der Waals surface area contributed by atoms with E-state index in [0.29, 0.717) is 11.3 Å². The van der Waals surface area contributed by atoms with Crippen molar-refractivity contribution in [3.8, 4) is 5.75 Å². The lowest BCUT2D eigenvalue weighted by Crippen LogP contribution is -2.13. The van der Waals surface area contributed by atoms with E-state index in [1.165, 1.54) is 7.11 Å². The molecule has 0 aromatic heterocycles. The molecular weight excluding hydrogens is 278 g/mol. The summed E-state index contributed by atoms with van der Waals surface area (Å²) in [4.78, 5) is 24.1. The largest absolute Gasteiger partial charge is 0.496 e. The molecule has 1 amide bonds. The van der Waals surface area contributed by atoms with Gasteiger partial charge in [-0.2, -0.15) is 0 Å². The summed E-state index contributed by atoms with van der Waals surface area (Å²) in [7, 11) is 1.53. The first-order valence-corrected chi connectivity index (χ1v) is 7.13. The number of rotatable bonds is 6. The summed E-state index contributed by atoms with van der Waals surface area (Å²) in [6, 6.07) is 14.6. The molecule has 0 aliphatic carbocycles. The van der Waals surface area contributed by atoms with Gasteiger partial charge in [-0.15, -0.1) is 0 Å².